The van der Waals surface area contributed by atoms with Crippen LogP contribution in [0.5, 0.6) is 0 Å². The van der Waals surface area contributed by atoms with Crippen molar-refractivity contribution in [2.45, 2.75) is 13.1 Å². The molecule has 0 atom stereocenters. The summed E-state index contributed by atoms with van der Waals surface area (Å²) >= 11 is 0.853. The van der Waals surface area contributed by atoms with E-state index in [2.05, 4.69) is 30.1 Å². The van der Waals surface area contributed by atoms with E-state index in [-0.39, 0.29) is 29.0 Å². The number of rotatable bonds is 6. The minimum Gasteiger partial charge on any atom is -0.363 e. The van der Waals surface area contributed by atoms with Gasteiger partial charge in [0.1, 0.15) is 11.6 Å². The van der Waals surface area contributed by atoms with Gasteiger partial charge in [0.2, 0.25) is 10.0 Å². The predicted octanol–water partition coefficient (Wildman–Crippen LogP) is -0.0742. The van der Waals surface area contributed by atoms with Gasteiger partial charge in [-0.25, -0.2) is 9.97 Å². The zero-order valence-electron chi connectivity index (χ0n) is 11.8. The van der Waals surface area contributed by atoms with Gasteiger partial charge in [0.05, 0.1) is 13.1 Å². The molecule has 4 N–H and O–H groups in total. The molecule has 0 spiro atoms. The molecule has 0 unspecified atom stereocenters. The van der Waals surface area contributed by atoms with Crippen LogP contribution in [0.2, 0.25) is 0 Å². The number of carbonyl (C=O) groups is 2. The summed E-state index contributed by atoms with van der Waals surface area (Å²) in [6, 6.07) is 0. The fraction of sp³-hybridized carbons (Fsp3) is 0.167. The second-order valence-electron chi connectivity index (χ2n) is 4.51. The number of hydrogen-bond donors (Lipinski definition) is 3. The number of carbonyl (C=O) groups excluding carboxylic acids is 2. The van der Waals surface area contributed by atoms with Gasteiger partial charge >= 0.3 is 0 Å². The van der Waals surface area contributed by atoms with E-state index in [0.29, 0.717) is 11.6 Å². The number of H-pyrrole nitrogens is 2. The molecule has 0 aromatic carbocycles. The van der Waals surface area contributed by atoms with Gasteiger partial charge in [-0.05, 0) is 0 Å². The molecule has 10 nitrogen and oxygen atoms in total. The summed E-state index contributed by atoms with van der Waals surface area (Å²) in [5.74, 6) is 0.127. The van der Waals surface area contributed by atoms with Crippen LogP contribution >= 0.6 is 11.3 Å². The van der Waals surface area contributed by atoms with Crippen molar-refractivity contribution >= 4 is 23.2 Å². The highest BCUT2D eigenvalue weighted by atomic mass is 32.1. The monoisotopic (exact) mass is 332 g/mol. The maximum absolute atomic E-state index is 12.6. The third-order valence-corrected chi connectivity index (χ3v) is 3.82. The highest BCUT2D eigenvalue weighted by Gasteiger charge is 2.23. The Morgan fingerprint density at radius 3 is 2.04 bits per heavy atom. The first kappa shape index (κ1) is 14.8. The van der Waals surface area contributed by atoms with Gasteiger partial charge in [-0.2, -0.15) is 0 Å². The maximum atomic E-state index is 12.6. The van der Waals surface area contributed by atoms with Crippen molar-refractivity contribution in [1.29, 1.82) is 0 Å². The Kier molecular flexibility index (Phi) is 4.10. The average Bonchev–Trinajstić information content (AvgIpc) is 3.28. The average molecular weight is 332 g/mol. The van der Waals surface area contributed by atoms with Gasteiger partial charge in [0, 0.05) is 24.8 Å². The van der Waals surface area contributed by atoms with E-state index in [4.69, 9.17) is 5.73 Å². The number of amides is 2. The van der Waals surface area contributed by atoms with Crippen LogP contribution in [-0.2, 0) is 13.1 Å². The summed E-state index contributed by atoms with van der Waals surface area (Å²) in [5, 5.41) is 7.42. The van der Waals surface area contributed by atoms with Crippen LogP contribution in [0.1, 0.15) is 31.3 Å². The van der Waals surface area contributed by atoms with Gasteiger partial charge < -0.3 is 20.6 Å². The summed E-state index contributed by atoms with van der Waals surface area (Å²) in [7, 11) is 0. The lowest BCUT2D eigenvalue weighted by atomic mass is 10.4. The summed E-state index contributed by atoms with van der Waals surface area (Å²) in [6.07, 6.45) is 6.53. The molecule has 3 aromatic rings. The zero-order valence-corrected chi connectivity index (χ0v) is 12.6. The van der Waals surface area contributed by atoms with Gasteiger partial charge in [-0.15, -0.1) is 10.2 Å². The highest BCUT2D eigenvalue weighted by Crippen LogP contribution is 2.15. The number of nitrogens with zero attached hydrogens (tertiary/aromatic N) is 5. The lowest BCUT2D eigenvalue weighted by Crippen LogP contribution is -2.31. The van der Waals surface area contributed by atoms with Crippen molar-refractivity contribution in [3.63, 3.8) is 0 Å². The van der Waals surface area contributed by atoms with E-state index in [0.717, 1.165) is 11.3 Å². The number of nitrogens with two attached hydrogens (primary N) is 1. The van der Waals surface area contributed by atoms with Crippen LogP contribution in [0, 0.1) is 0 Å². The molecule has 23 heavy (non-hydrogen) atoms. The van der Waals surface area contributed by atoms with E-state index in [9.17, 15) is 9.59 Å². The molecule has 3 rings (SSSR count). The van der Waals surface area contributed by atoms with Crippen LogP contribution in [0.25, 0.3) is 0 Å². The van der Waals surface area contributed by atoms with Gasteiger partial charge in [-0.3, -0.25) is 9.59 Å². The number of nitrogens with one attached hydrogen (secondary N) is 2. The molecule has 0 saturated carbocycles. The molecule has 0 bridgehead atoms. The molecular formula is C12H12N8O2S. The molecule has 0 aliphatic carbocycles. The van der Waals surface area contributed by atoms with Gasteiger partial charge in [-0.1, -0.05) is 11.3 Å². The maximum Gasteiger partial charge on any atom is 0.285 e. The molecular weight excluding hydrogens is 320 g/mol. The second kappa shape index (κ2) is 6.36. The minimum atomic E-state index is -0.717. The molecule has 0 fully saturated rings. The summed E-state index contributed by atoms with van der Waals surface area (Å²) in [5.41, 5.74) is 5.14. The van der Waals surface area contributed by atoms with Crippen LogP contribution in [-0.4, -0.2) is 46.8 Å². The van der Waals surface area contributed by atoms with E-state index < -0.39 is 5.91 Å². The Balaban J connectivity index is 1.83. The van der Waals surface area contributed by atoms with Crippen LogP contribution in [0.15, 0.2) is 24.8 Å². The van der Waals surface area contributed by atoms with Crippen molar-refractivity contribution in [3.8, 4) is 0 Å². The Morgan fingerprint density at radius 2 is 1.61 bits per heavy atom. The molecule has 11 heteroatoms. The van der Waals surface area contributed by atoms with Crippen molar-refractivity contribution in [2.75, 3.05) is 0 Å². The van der Waals surface area contributed by atoms with Crippen LogP contribution < -0.4 is 5.73 Å². The molecule has 0 aliphatic heterocycles. The van der Waals surface area contributed by atoms with Crippen molar-refractivity contribution in [3.05, 3.63) is 46.5 Å². The number of aromatic amines is 2. The van der Waals surface area contributed by atoms with Crippen molar-refractivity contribution in [2.24, 2.45) is 5.73 Å². The Bertz CT molecular complexity index is 759. The standard InChI is InChI=1S/C12H12N8O2S/c13-9(21)10-18-19-11(23-10)12(22)20(5-7-14-1-2-15-7)6-8-16-3-4-17-8/h1-4H,5-6H2,(H2,13,21)(H,14,15)(H,16,17). The predicted molar refractivity (Wildman–Crippen MR) is 79.2 cm³/mol. The number of imidazole rings is 2. The molecule has 0 aliphatic rings. The quantitative estimate of drug-likeness (QED) is 0.575. The Labute approximate surface area is 133 Å². The fourth-order valence-electron chi connectivity index (χ4n) is 1.87. The topological polar surface area (TPSA) is 147 Å². The van der Waals surface area contributed by atoms with Crippen LogP contribution in [0.3, 0.4) is 0 Å². The number of aromatic nitrogens is 6. The molecule has 118 valence electrons. The van der Waals surface area contributed by atoms with Crippen molar-refractivity contribution in [1.82, 2.24) is 35.0 Å². The van der Waals surface area contributed by atoms with E-state index in [1.54, 1.807) is 24.8 Å². The van der Waals surface area contributed by atoms with Crippen molar-refractivity contribution < 1.29 is 9.59 Å². The van der Waals surface area contributed by atoms with E-state index in [1.807, 2.05) is 0 Å². The van der Waals surface area contributed by atoms with Gasteiger partial charge in [0.15, 0.2) is 0 Å². The Morgan fingerprint density at radius 1 is 1.04 bits per heavy atom. The molecule has 3 aromatic heterocycles. The largest absolute Gasteiger partial charge is 0.363 e. The third kappa shape index (κ3) is 3.40. The lowest BCUT2D eigenvalue weighted by molar-refractivity contribution is 0.0720. The first-order valence-corrected chi connectivity index (χ1v) is 7.34. The minimum absolute atomic E-state index is 0.00991. The smallest absolute Gasteiger partial charge is 0.285 e. The normalized spacial score (nSPS) is 10.6. The molecule has 0 saturated heterocycles. The molecule has 2 amide bonds. The molecule has 0 radical (unpaired) electrons. The first-order valence-electron chi connectivity index (χ1n) is 6.52. The fourth-order valence-corrected chi connectivity index (χ4v) is 2.54. The first-order chi connectivity index (χ1) is 11.1. The van der Waals surface area contributed by atoms with Crippen LogP contribution in [0.4, 0.5) is 0 Å². The third-order valence-electron chi connectivity index (χ3n) is 2.90. The number of primary amides is 1. The number of hydrogen-bond acceptors (Lipinski definition) is 7. The lowest BCUT2D eigenvalue weighted by Gasteiger charge is -2.19. The van der Waals surface area contributed by atoms with E-state index >= 15 is 0 Å². The summed E-state index contributed by atoms with van der Waals surface area (Å²) in [6.45, 7) is 0.468. The molecule has 3 heterocycles. The highest BCUT2D eigenvalue weighted by molar-refractivity contribution is 7.15. The van der Waals surface area contributed by atoms with Gasteiger partial charge in [0.25, 0.3) is 11.8 Å². The SMILES string of the molecule is NC(=O)c1nnc(C(=O)N(Cc2ncc[nH]2)Cc2ncc[nH]2)s1. The Hall–Kier alpha value is -3.08. The summed E-state index contributed by atoms with van der Waals surface area (Å²) in [4.78, 5) is 39.3. The van der Waals surface area contributed by atoms with E-state index in [1.165, 1.54) is 4.90 Å². The second-order valence-corrected chi connectivity index (χ2v) is 5.49. The zero-order chi connectivity index (χ0) is 16.2. The summed E-state index contributed by atoms with van der Waals surface area (Å²) < 4.78 is 0.